The Kier molecular flexibility index (Phi) is 1.94. The average molecular weight is 263 g/mol. The lowest BCUT2D eigenvalue weighted by atomic mass is 10.4. The third kappa shape index (κ3) is 1.28. The molecule has 0 bridgehead atoms. The third-order valence-corrected chi connectivity index (χ3v) is 4.28. The highest BCUT2D eigenvalue weighted by atomic mass is 79.9. The van der Waals surface area contributed by atoms with E-state index >= 15 is 0 Å². The zero-order chi connectivity index (χ0) is 8.72. The summed E-state index contributed by atoms with van der Waals surface area (Å²) in [6.07, 6.45) is 0. The van der Waals surface area contributed by atoms with E-state index in [1.54, 1.807) is 17.4 Å². The summed E-state index contributed by atoms with van der Waals surface area (Å²) in [7, 11) is 0. The van der Waals surface area contributed by atoms with Gasteiger partial charge < -0.3 is 5.11 Å². The molecule has 2 rings (SSSR count). The molecule has 2 aromatic rings. The molecule has 2 nitrogen and oxygen atoms in total. The minimum Gasteiger partial charge on any atom is -0.477 e. The van der Waals surface area contributed by atoms with Crippen LogP contribution in [0.3, 0.4) is 0 Å². The fourth-order valence-electron chi connectivity index (χ4n) is 0.914. The summed E-state index contributed by atoms with van der Waals surface area (Å²) in [6, 6.07) is 3.63. The molecule has 2 heterocycles. The van der Waals surface area contributed by atoms with Gasteiger partial charge in [0.1, 0.15) is 4.88 Å². The van der Waals surface area contributed by atoms with E-state index in [4.69, 9.17) is 5.11 Å². The third-order valence-electron chi connectivity index (χ3n) is 1.39. The highest BCUT2D eigenvalue weighted by Gasteiger charge is 2.09. The van der Waals surface area contributed by atoms with Gasteiger partial charge in [0, 0.05) is 5.39 Å². The second-order valence-electron chi connectivity index (χ2n) is 2.21. The molecule has 0 aliphatic carbocycles. The molecule has 0 saturated carbocycles. The van der Waals surface area contributed by atoms with Crippen LogP contribution in [-0.2, 0) is 0 Å². The molecule has 0 atom stereocenters. The summed E-state index contributed by atoms with van der Waals surface area (Å²) in [6.45, 7) is 0. The number of carbonyl (C=O) groups is 1. The first-order valence-electron chi connectivity index (χ1n) is 3.09. The predicted octanol–water partition coefficient (Wildman–Crippen LogP) is 3.42. The minimum atomic E-state index is -0.848. The lowest BCUT2D eigenvalue weighted by Crippen LogP contribution is -1.89. The number of carboxylic acid groups (broad SMARTS) is 1. The van der Waals surface area contributed by atoms with Gasteiger partial charge in [-0.25, -0.2) is 4.79 Å². The Morgan fingerprint density at radius 3 is 2.75 bits per heavy atom. The van der Waals surface area contributed by atoms with Crippen LogP contribution in [0.25, 0.3) is 9.40 Å². The van der Waals surface area contributed by atoms with Crippen LogP contribution >= 0.6 is 38.6 Å². The number of thiophene rings is 2. The zero-order valence-corrected chi connectivity index (χ0v) is 8.92. The number of rotatable bonds is 1. The molecule has 2 aromatic heterocycles. The first-order valence-corrected chi connectivity index (χ1v) is 5.51. The van der Waals surface area contributed by atoms with Crippen LogP contribution in [0.1, 0.15) is 9.67 Å². The molecule has 5 heteroatoms. The smallest absolute Gasteiger partial charge is 0.345 e. The Morgan fingerprint density at radius 1 is 1.42 bits per heavy atom. The second kappa shape index (κ2) is 2.83. The normalized spacial score (nSPS) is 10.8. The van der Waals surface area contributed by atoms with Gasteiger partial charge in [0.2, 0.25) is 0 Å². The van der Waals surface area contributed by atoms with Crippen LogP contribution in [0, 0.1) is 0 Å². The van der Waals surface area contributed by atoms with Crippen LogP contribution in [0.4, 0.5) is 0 Å². The van der Waals surface area contributed by atoms with Crippen molar-refractivity contribution in [3.8, 4) is 0 Å². The van der Waals surface area contributed by atoms with E-state index in [0.717, 1.165) is 13.2 Å². The van der Waals surface area contributed by atoms with Gasteiger partial charge in [-0.3, -0.25) is 0 Å². The van der Waals surface area contributed by atoms with Crippen molar-refractivity contribution in [1.29, 1.82) is 0 Å². The monoisotopic (exact) mass is 262 g/mol. The molecular formula is C7H3BrO2S2. The Hall–Kier alpha value is -0.390. The van der Waals surface area contributed by atoms with Crippen molar-refractivity contribution in [3.63, 3.8) is 0 Å². The number of aromatic carboxylic acids is 1. The Morgan fingerprint density at radius 2 is 2.17 bits per heavy atom. The Balaban J connectivity index is 2.64. The van der Waals surface area contributed by atoms with E-state index in [1.165, 1.54) is 11.3 Å². The van der Waals surface area contributed by atoms with Crippen molar-refractivity contribution in [2.75, 3.05) is 0 Å². The molecular weight excluding hydrogens is 260 g/mol. The fourth-order valence-corrected chi connectivity index (χ4v) is 3.98. The maximum atomic E-state index is 10.6. The first kappa shape index (κ1) is 8.22. The second-order valence-corrected chi connectivity index (χ2v) is 5.95. The van der Waals surface area contributed by atoms with E-state index < -0.39 is 5.97 Å². The Bertz CT molecular complexity index is 412. The van der Waals surface area contributed by atoms with Crippen LogP contribution in [0.5, 0.6) is 0 Å². The number of carboxylic acids is 1. The van der Waals surface area contributed by atoms with Crippen LogP contribution in [0.15, 0.2) is 15.9 Å². The van der Waals surface area contributed by atoms with Gasteiger partial charge in [0.15, 0.2) is 0 Å². The molecule has 0 aliphatic heterocycles. The lowest BCUT2D eigenvalue weighted by Gasteiger charge is -1.80. The van der Waals surface area contributed by atoms with Gasteiger partial charge >= 0.3 is 5.97 Å². The summed E-state index contributed by atoms with van der Waals surface area (Å²) in [4.78, 5) is 11.0. The van der Waals surface area contributed by atoms with Crippen molar-refractivity contribution in [3.05, 3.63) is 20.8 Å². The molecule has 0 fully saturated rings. The predicted molar refractivity (Wildman–Crippen MR) is 54.4 cm³/mol. The standard InChI is InChI=1S/C7H3BrO2S2/c8-5-2-3-1-4(6(9)10)11-7(3)12-5/h1-2H,(H,9,10). The molecule has 0 aliphatic rings. The van der Waals surface area contributed by atoms with Crippen LogP contribution < -0.4 is 0 Å². The van der Waals surface area contributed by atoms with Crippen molar-refractivity contribution < 1.29 is 9.90 Å². The molecule has 0 aromatic carbocycles. The topological polar surface area (TPSA) is 37.3 Å². The fraction of sp³-hybridized carbons (Fsp3) is 0. The van der Waals surface area contributed by atoms with E-state index in [1.807, 2.05) is 6.07 Å². The maximum absolute atomic E-state index is 10.6. The quantitative estimate of drug-likeness (QED) is 0.855. The van der Waals surface area contributed by atoms with Gasteiger partial charge in [-0.05, 0) is 28.1 Å². The Labute approximate surface area is 84.6 Å². The number of halogens is 1. The zero-order valence-electron chi connectivity index (χ0n) is 5.70. The van der Waals surface area contributed by atoms with Gasteiger partial charge in [0.25, 0.3) is 0 Å². The minimum absolute atomic E-state index is 0.406. The van der Waals surface area contributed by atoms with Crippen molar-refractivity contribution in [1.82, 2.24) is 0 Å². The highest BCUT2D eigenvalue weighted by Crippen LogP contribution is 2.35. The number of hydrogen-bond donors (Lipinski definition) is 1. The summed E-state index contributed by atoms with van der Waals surface area (Å²) in [5, 5.41) is 9.69. The summed E-state index contributed by atoms with van der Waals surface area (Å²) in [5.41, 5.74) is 0. The molecule has 0 radical (unpaired) electrons. The maximum Gasteiger partial charge on any atom is 0.345 e. The van der Waals surface area contributed by atoms with Gasteiger partial charge in [0.05, 0.1) is 7.80 Å². The first-order chi connectivity index (χ1) is 5.66. The van der Waals surface area contributed by atoms with E-state index in [-0.39, 0.29) is 0 Å². The van der Waals surface area contributed by atoms with E-state index in [9.17, 15) is 4.79 Å². The van der Waals surface area contributed by atoms with Crippen molar-refractivity contribution in [2.24, 2.45) is 0 Å². The van der Waals surface area contributed by atoms with Crippen molar-refractivity contribution in [2.45, 2.75) is 0 Å². The summed E-state index contributed by atoms with van der Waals surface area (Å²) in [5.74, 6) is -0.848. The summed E-state index contributed by atoms with van der Waals surface area (Å²) < 4.78 is 2.10. The van der Waals surface area contributed by atoms with Crippen LogP contribution in [0.2, 0.25) is 0 Å². The molecule has 12 heavy (non-hydrogen) atoms. The van der Waals surface area contributed by atoms with Gasteiger partial charge in [-0.2, -0.15) is 0 Å². The summed E-state index contributed by atoms with van der Waals surface area (Å²) >= 11 is 6.22. The van der Waals surface area contributed by atoms with Crippen LogP contribution in [-0.4, -0.2) is 11.1 Å². The van der Waals surface area contributed by atoms with Crippen molar-refractivity contribution >= 4 is 54.0 Å². The molecule has 0 spiro atoms. The van der Waals surface area contributed by atoms with Gasteiger partial charge in [-0.1, -0.05) is 0 Å². The molecule has 0 unspecified atom stereocenters. The lowest BCUT2D eigenvalue weighted by molar-refractivity contribution is 0.0702. The highest BCUT2D eigenvalue weighted by molar-refractivity contribution is 9.11. The largest absolute Gasteiger partial charge is 0.477 e. The van der Waals surface area contributed by atoms with E-state index in [0.29, 0.717) is 4.88 Å². The van der Waals surface area contributed by atoms with Gasteiger partial charge in [-0.15, -0.1) is 22.7 Å². The molecule has 1 N–H and O–H groups in total. The molecule has 0 saturated heterocycles. The molecule has 62 valence electrons. The number of fused-ring (bicyclic) bond motifs is 1. The van der Waals surface area contributed by atoms with E-state index in [2.05, 4.69) is 15.9 Å². The molecule has 0 amide bonds. The average Bonchev–Trinajstić information content (AvgIpc) is 2.42. The SMILES string of the molecule is O=C(O)c1cc2cc(Br)sc2s1. The number of hydrogen-bond acceptors (Lipinski definition) is 3.